The van der Waals surface area contributed by atoms with Crippen molar-refractivity contribution < 1.29 is 9.59 Å². The lowest BCUT2D eigenvalue weighted by atomic mass is 10.1. The third-order valence-electron chi connectivity index (χ3n) is 4.69. The van der Waals surface area contributed by atoms with Gasteiger partial charge in [0.15, 0.2) is 11.6 Å². The first-order valence-electron chi connectivity index (χ1n) is 9.38. The van der Waals surface area contributed by atoms with Gasteiger partial charge in [-0.05, 0) is 48.7 Å². The number of aromatic nitrogens is 3. The highest BCUT2D eigenvalue weighted by Gasteiger charge is 2.22. The van der Waals surface area contributed by atoms with E-state index in [-0.39, 0.29) is 18.2 Å². The van der Waals surface area contributed by atoms with Gasteiger partial charge in [-0.2, -0.15) is 0 Å². The second-order valence-corrected chi connectivity index (χ2v) is 8.87. The summed E-state index contributed by atoms with van der Waals surface area (Å²) in [7, 11) is 0. The zero-order chi connectivity index (χ0) is 22.8. The maximum Gasteiger partial charge on any atom is 0.251 e. The van der Waals surface area contributed by atoms with Crippen LogP contribution in [0.3, 0.4) is 0 Å². The number of amides is 1. The molecule has 0 atom stereocenters. The van der Waals surface area contributed by atoms with Gasteiger partial charge in [-0.25, -0.2) is 0 Å². The number of carbonyl (C=O) groups is 2. The van der Waals surface area contributed by atoms with Gasteiger partial charge < -0.3 is 5.32 Å². The first kappa shape index (κ1) is 22.5. The van der Waals surface area contributed by atoms with Gasteiger partial charge in [0.2, 0.25) is 0 Å². The molecule has 0 fully saturated rings. The molecule has 2 heterocycles. The largest absolute Gasteiger partial charge is 0.345 e. The molecule has 1 amide bonds. The maximum absolute atomic E-state index is 13.2. The summed E-state index contributed by atoms with van der Waals surface area (Å²) in [4.78, 5) is 25.7. The molecule has 6 nitrogen and oxygen atoms in total. The van der Waals surface area contributed by atoms with Crippen LogP contribution in [0.5, 0.6) is 0 Å². The minimum atomic E-state index is -0.339. The van der Waals surface area contributed by atoms with E-state index in [9.17, 15) is 9.59 Å². The van der Waals surface area contributed by atoms with Gasteiger partial charge >= 0.3 is 0 Å². The van der Waals surface area contributed by atoms with E-state index in [4.69, 9.17) is 34.8 Å². The number of rotatable bonds is 6. The molecule has 0 radical (unpaired) electrons. The fourth-order valence-electron chi connectivity index (χ4n) is 3.12. The minimum absolute atomic E-state index is 0.0948. The molecule has 2 aromatic carbocycles. The molecule has 0 spiro atoms. The third kappa shape index (κ3) is 4.42. The lowest BCUT2D eigenvalue weighted by Gasteiger charge is -2.11. The number of benzene rings is 2. The number of carbonyl (C=O) groups excluding carboxylic acids is 2. The Morgan fingerprint density at radius 1 is 0.969 bits per heavy atom. The molecule has 0 bridgehead atoms. The van der Waals surface area contributed by atoms with Crippen molar-refractivity contribution in [1.29, 1.82) is 0 Å². The normalized spacial score (nSPS) is 10.9. The number of nitrogens with zero attached hydrogens (tertiary/aromatic N) is 3. The van der Waals surface area contributed by atoms with Gasteiger partial charge in [0, 0.05) is 11.1 Å². The first-order valence-corrected chi connectivity index (χ1v) is 11.4. The van der Waals surface area contributed by atoms with Crippen molar-refractivity contribution in [3.8, 4) is 5.00 Å². The van der Waals surface area contributed by atoms with Gasteiger partial charge in [-0.15, -0.1) is 21.5 Å². The summed E-state index contributed by atoms with van der Waals surface area (Å²) in [5.41, 5.74) is 1.25. The van der Waals surface area contributed by atoms with Crippen LogP contribution in [0, 0.1) is 6.92 Å². The summed E-state index contributed by atoms with van der Waals surface area (Å²) >= 11 is 19.5. The number of nitrogens with one attached hydrogen (secondary N) is 1. The van der Waals surface area contributed by atoms with Gasteiger partial charge in [0.1, 0.15) is 10.8 Å². The summed E-state index contributed by atoms with van der Waals surface area (Å²) in [6.07, 6.45) is 0. The molecule has 10 heteroatoms. The monoisotopic (exact) mass is 504 g/mol. The number of thiophene rings is 1. The molecule has 0 aliphatic rings. The number of hydrogen-bond donors (Lipinski definition) is 1. The molecule has 2 aromatic heterocycles. The van der Waals surface area contributed by atoms with Crippen molar-refractivity contribution >= 4 is 57.8 Å². The van der Waals surface area contributed by atoms with Crippen LogP contribution in [-0.4, -0.2) is 26.5 Å². The lowest BCUT2D eigenvalue weighted by molar-refractivity contribution is 0.0948. The predicted molar refractivity (Wildman–Crippen MR) is 126 cm³/mol. The Kier molecular flexibility index (Phi) is 6.62. The van der Waals surface area contributed by atoms with Crippen molar-refractivity contribution in [2.75, 3.05) is 0 Å². The third-order valence-corrected chi connectivity index (χ3v) is 6.66. The van der Waals surface area contributed by atoms with E-state index in [0.717, 1.165) is 0 Å². The Balaban J connectivity index is 1.61. The Labute approximate surface area is 202 Å². The molecule has 4 rings (SSSR count). The van der Waals surface area contributed by atoms with Gasteiger partial charge in [0.25, 0.3) is 5.91 Å². The SMILES string of the molecule is Cc1nnc(CNC(=O)c2ccc(Cl)c(Cl)c2)n1-c1sccc1C(=O)c1ccccc1Cl. The lowest BCUT2D eigenvalue weighted by Crippen LogP contribution is -2.24. The average molecular weight is 506 g/mol. The van der Waals surface area contributed by atoms with E-state index >= 15 is 0 Å². The van der Waals surface area contributed by atoms with Crippen LogP contribution in [-0.2, 0) is 6.54 Å². The van der Waals surface area contributed by atoms with Crippen LogP contribution < -0.4 is 5.32 Å². The standard InChI is InChI=1S/C22H15Cl3N4O2S/c1-12-27-28-19(11-26-21(31)13-6-7-17(24)18(25)10-13)29(12)22-15(8-9-32-22)20(30)14-4-2-3-5-16(14)23/h2-10H,11H2,1H3,(H,26,31). The number of halogens is 3. The molecule has 1 N–H and O–H groups in total. The number of hydrogen-bond acceptors (Lipinski definition) is 5. The van der Waals surface area contributed by atoms with Crippen molar-refractivity contribution in [1.82, 2.24) is 20.1 Å². The Bertz CT molecular complexity index is 1330. The van der Waals surface area contributed by atoms with Crippen molar-refractivity contribution in [2.24, 2.45) is 0 Å². The van der Waals surface area contributed by atoms with Crippen LogP contribution in [0.2, 0.25) is 15.1 Å². The van der Waals surface area contributed by atoms with E-state index in [1.54, 1.807) is 54.0 Å². The Hall–Kier alpha value is -2.71. The first-order chi connectivity index (χ1) is 15.4. The molecule has 0 aliphatic heterocycles. The Morgan fingerprint density at radius 3 is 2.50 bits per heavy atom. The summed E-state index contributed by atoms with van der Waals surface area (Å²) < 4.78 is 1.75. The molecule has 0 unspecified atom stereocenters. The Morgan fingerprint density at radius 2 is 1.75 bits per heavy atom. The molecule has 0 saturated heterocycles. The molecule has 0 aliphatic carbocycles. The molecule has 0 saturated carbocycles. The zero-order valence-corrected chi connectivity index (χ0v) is 19.7. The summed E-state index contributed by atoms with van der Waals surface area (Å²) in [6, 6.07) is 13.3. The molecular weight excluding hydrogens is 491 g/mol. The van der Waals surface area contributed by atoms with Gasteiger partial charge in [-0.3, -0.25) is 14.2 Å². The highest BCUT2D eigenvalue weighted by atomic mass is 35.5. The van der Waals surface area contributed by atoms with Gasteiger partial charge in [0.05, 0.1) is 27.2 Å². The van der Waals surface area contributed by atoms with Crippen LogP contribution >= 0.6 is 46.1 Å². The predicted octanol–water partition coefficient (Wildman–Crippen LogP) is 5.76. The van der Waals surface area contributed by atoms with E-state index in [1.165, 1.54) is 17.4 Å². The highest BCUT2D eigenvalue weighted by molar-refractivity contribution is 7.13. The second kappa shape index (κ2) is 9.42. The van der Waals surface area contributed by atoms with Crippen LogP contribution in [0.4, 0.5) is 0 Å². The van der Waals surface area contributed by atoms with Crippen LogP contribution in [0.1, 0.15) is 37.9 Å². The molecular formula is C22H15Cl3N4O2S. The van der Waals surface area contributed by atoms with Crippen molar-refractivity contribution in [2.45, 2.75) is 13.5 Å². The average Bonchev–Trinajstić information content (AvgIpc) is 3.40. The minimum Gasteiger partial charge on any atom is -0.345 e. The molecule has 4 aromatic rings. The van der Waals surface area contributed by atoms with E-state index in [0.29, 0.717) is 48.4 Å². The quantitative estimate of drug-likeness (QED) is 0.338. The molecule has 32 heavy (non-hydrogen) atoms. The number of aryl methyl sites for hydroxylation is 1. The summed E-state index contributed by atoms with van der Waals surface area (Å²) in [6.45, 7) is 1.87. The molecule has 162 valence electrons. The van der Waals surface area contributed by atoms with Crippen LogP contribution in [0.15, 0.2) is 53.9 Å². The fraction of sp³-hybridized carbons (Fsp3) is 0.0909. The van der Waals surface area contributed by atoms with Crippen molar-refractivity contribution in [3.05, 3.63) is 97.3 Å². The van der Waals surface area contributed by atoms with E-state index < -0.39 is 0 Å². The van der Waals surface area contributed by atoms with Gasteiger partial charge in [-0.1, -0.05) is 46.9 Å². The summed E-state index contributed by atoms with van der Waals surface area (Å²) in [5.74, 6) is 0.520. The van der Waals surface area contributed by atoms with E-state index in [2.05, 4.69) is 15.5 Å². The van der Waals surface area contributed by atoms with Crippen LogP contribution in [0.25, 0.3) is 5.00 Å². The fourth-order valence-corrected chi connectivity index (χ4v) is 4.60. The summed E-state index contributed by atoms with van der Waals surface area (Å²) in [5, 5.41) is 14.6. The van der Waals surface area contributed by atoms with Crippen molar-refractivity contribution in [3.63, 3.8) is 0 Å². The highest BCUT2D eigenvalue weighted by Crippen LogP contribution is 2.29. The number of ketones is 1. The smallest absolute Gasteiger partial charge is 0.251 e. The maximum atomic E-state index is 13.2. The van der Waals surface area contributed by atoms with E-state index in [1.807, 2.05) is 5.38 Å². The second-order valence-electron chi connectivity index (χ2n) is 6.76. The topological polar surface area (TPSA) is 76.9 Å². The zero-order valence-electron chi connectivity index (χ0n) is 16.6.